The van der Waals surface area contributed by atoms with Crippen LogP contribution in [0.4, 0.5) is 0 Å². The van der Waals surface area contributed by atoms with Crippen molar-refractivity contribution in [2.75, 3.05) is 0 Å². The van der Waals surface area contributed by atoms with E-state index in [1.54, 1.807) is 36.4 Å². The largest absolute Gasteiger partial charge is 0.346 e. The molecule has 0 saturated heterocycles. The summed E-state index contributed by atoms with van der Waals surface area (Å²) in [5.74, 6) is 0. The molecule has 0 radical (unpaired) electrons. The minimum absolute atomic E-state index is 0.199. The maximum atomic E-state index is 14.6. The van der Waals surface area contributed by atoms with Crippen LogP contribution in [-0.4, -0.2) is 14.8 Å². The lowest BCUT2D eigenvalue weighted by atomic mass is 9.88. The number of halogens is 1. The molecule has 1 heterocycles. The number of nitrogens with zero attached hydrogens (tertiary/aromatic N) is 1. The van der Waals surface area contributed by atoms with E-state index in [2.05, 4.69) is 5.32 Å². The van der Waals surface area contributed by atoms with Crippen LogP contribution in [0.1, 0.15) is 22.3 Å². The van der Waals surface area contributed by atoms with Crippen molar-refractivity contribution in [2.45, 2.75) is 16.7 Å². The Hall–Kier alpha value is -3.67. The lowest BCUT2D eigenvalue weighted by Crippen LogP contribution is -2.40. The summed E-state index contributed by atoms with van der Waals surface area (Å²) in [6, 6.07) is 32.9. The maximum absolute atomic E-state index is 14.6. The van der Waals surface area contributed by atoms with E-state index in [9.17, 15) is 8.42 Å². The van der Waals surface area contributed by atoms with Crippen molar-refractivity contribution < 1.29 is 8.42 Å². The van der Waals surface area contributed by atoms with Gasteiger partial charge in [0.05, 0.1) is 16.9 Å². The molecule has 6 heteroatoms. The zero-order valence-electron chi connectivity index (χ0n) is 19.0. The Morgan fingerprint density at radius 2 is 1.34 bits per heavy atom. The highest BCUT2D eigenvalue weighted by atomic mass is 35.5. The average Bonchev–Trinajstić information content (AvgIpc) is 2.90. The summed E-state index contributed by atoms with van der Waals surface area (Å²) in [6.45, 7) is 1.93. The second kappa shape index (κ2) is 9.17. The van der Waals surface area contributed by atoms with Crippen LogP contribution >= 0.6 is 11.6 Å². The van der Waals surface area contributed by atoms with Crippen LogP contribution in [0, 0.1) is 6.92 Å². The second-order valence-electron chi connectivity index (χ2n) is 8.35. The van der Waals surface area contributed by atoms with E-state index in [0.717, 1.165) is 11.1 Å². The number of nitrogens with one attached hydrogen (secondary N) is 1. The van der Waals surface area contributed by atoms with Crippen molar-refractivity contribution in [3.05, 3.63) is 136 Å². The van der Waals surface area contributed by atoms with Crippen LogP contribution < -0.4 is 5.32 Å². The molecule has 1 atom stereocenters. The maximum Gasteiger partial charge on any atom is 0.220 e. The average molecular weight is 499 g/mol. The minimum Gasteiger partial charge on any atom is -0.346 e. The van der Waals surface area contributed by atoms with Gasteiger partial charge in [-0.15, -0.1) is 0 Å². The second-order valence-corrected chi connectivity index (χ2v) is 10.9. The lowest BCUT2D eigenvalue weighted by Gasteiger charge is -2.37. The van der Waals surface area contributed by atoms with Crippen LogP contribution in [0.2, 0.25) is 5.02 Å². The summed E-state index contributed by atoms with van der Waals surface area (Å²) in [5.41, 5.74) is 4.29. The number of rotatable bonds is 5. The van der Waals surface area contributed by atoms with Gasteiger partial charge in [-0.1, -0.05) is 102 Å². The van der Waals surface area contributed by atoms with Gasteiger partial charge in [-0.05, 0) is 47.9 Å². The Labute approximate surface area is 210 Å². The van der Waals surface area contributed by atoms with Gasteiger partial charge in [0.25, 0.3) is 0 Å². The van der Waals surface area contributed by atoms with Crippen molar-refractivity contribution >= 4 is 39.0 Å². The number of benzene rings is 4. The van der Waals surface area contributed by atoms with Crippen molar-refractivity contribution in [3.8, 4) is 0 Å². The van der Waals surface area contributed by atoms with Crippen molar-refractivity contribution in [1.82, 2.24) is 5.32 Å². The third-order valence-corrected chi connectivity index (χ3v) is 8.59. The van der Waals surface area contributed by atoms with E-state index in [4.69, 9.17) is 16.6 Å². The standard InChI is InChI=1S/C29H23ClN2O2S/c1-21-12-18-26(19-13-21)35(33,34)29(24-10-6-3-7-11-24)27(22-14-16-25(30)17-15-22)28(31-20-32-29)23-8-4-2-5-9-23/h2-20H,1H3,(H,31,32). The molecule has 4 nitrogen and oxygen atoms in total. The fourth-order valence-electron chi connectivity index (χ4n) is 4.41. The molecule has 0 bridgehead atoms. The molecule has 35 heavy (non-hydrogen) atoms. The number of aryl methyl sites for hydroxylation is 1. The van der Waals surface area contributed by atoms with E-state index >= 15 is 0 Å². The van der Waals surface area contributed by atoms with Gasteiger partial charge >= 0.3 is 0 Å². The highest BCUT2D eigenvalue weighted by Crippen LogP contribution is 2.51. The van der Waals surface area contributed by atoms with E-state index in [0.29, 0.717) is 27.4 Å². The smallest absolute Gasteiger partial charge is 0.220 e. The molecule has 0 aliphatic carbocycles. The van der Waals surface area contributed by atoms with Gasteiger partial charge in [0.15, 0.2) is 0 Å². The molecule has 1 unspecified atom stereocenters. The Morgan fingerprint density at radius 3 is 1.97 bits per heavy atom. The minimum atomic E-state index is -4.07. The van der Waals surface area contributed by atoms with Crippen LogP contribution in [0.25, 0.3) is 11.3 Å². The normalized spacial score (nSPS) is 17.8. The van der Waals surface area contributed by atoms with E-state index in [-0.39, 0.29) is 4.90 Å². The summed E-state index contributed by atoms with van der Waals surface area (Å²) in [5, 5.41) is 3.81. The van der Waals surface area contributed by atoms with Crippen molar-refractivity contribution in [1.29, 1.82) is 0 Å². The molecule has 0 spiro atoms. The molecular formula is C29H23ClN2O2S. The van der Waals surface area contributed by atoms with Crippen molar-refractivity contribution in [2.24, 2.45) is 4.99 Å². The van der Waals surface area contributed by atoms with Gasteiger partial charge in [-0.3, -0.25) is 0 Å². The molecule has 174 valence electrons. The predicted molar refractivity (Wildman–Crippen MR) is 143 cm³/mol. The number of hydrogen-bond donors (Lipinski definition) is 1. The first-order valence-corrected chi connectivity index (χ1v) is 13.0. The topological polar surface area (TPSA) is 58.5 Å². The van der Waals surface area contributed by atoms with E-state index in [1.165, 1.54) is 6.34 Å². The Kier molecular flexibility index (Phi) is 6.05. The highest BCUT2D eigenvalue weighted by Gasteiger charge is 2.52. The molecule has 0 amide bonds. The highest BCUT2D eigenvalue weighted by molar-refractivity contribution is 7.93. The van der Waals surface area contributed by atoms with Crippen molar-refractivity contribution in [3.63, 3.8) is 0 Å². The van der Waals surface area contributed by atoms with Gasteiger partial charge in [0.2, 0.25) is 14.7 Å². The fourth-order valence-corrected chi connectivity index (χ4v) is 6.50. The lowest BCUT2D eigenvalue weighted by molar-refractivity contribution is 0.566. The predicted octanol–water partition coefficient (Wildman–Crippen LogP) is 6.48. The van der Waals surface area contributed by atoms with E-state index < -0.39 is 14.7 Å². The number of hydrogen-bond acceptors (Lipinski definition) is 4. The Balaban J connectivity index is 1.92. The first kappa shape index (κ1) is 23.1. The number of sulfone groups is 1. The molecule has 0 fully saturated rings. The molecule has 1 aliphatic heterocycles. The summed E-state index contributed by atoms with van der Waals surface area (Å²) in [7, 11) is -4.07. The fraction of sp³-hybridized carbons (Fsp3) is 0.0690. The third kappa shape index (κ3) is 3.97. The van der Waals surface area contributed by atoms with Gasteiger partial charge in [0, 0.05) is 10.6 Å². The Bertz CT molecular complexity index is 1510. The SMILES string of the molecule is Cc1ccc(S(=O)(=O)C2(c3ccccc3)N=CNC(c3ccccc3)=C2c2ccc(Cl)cc2)cc1. The van der Waals surface area contributed by atoms with Crippen LogP contribution in [0.3, 0.4) is 0 Å². The molecule has 0 aromatic heterocycles. The van der Waals surface area contributed by atoms with Crippen LogP contribution in [0.15, 0.2) is 119 Å². The van der Waals surface area contributed by atoms with Crippen LogP contribution in [-0.2, 0) is 14.7 Å². The zero-order valence-corrected chi connectivity index (χ0v) is 20.6. The quantitative estimate of drug-likeness (QED) is 0.343. The van der Waals surface area contributed by atoms with Gasteiger partial charge in [-0.25, -0.2) is 13.4 Å². The van der Waals surface area contributed by atoms with Gasteiger partial charge < -0.3 is 5.32 Å². The first-order chi connectivity index (χ1) is 16.9. The summed E-state index contributed by atoms with van der Waals surface area (Å²) in [6.07, 6.45) is 1.49. The molecule has 0 saturated carbocycles. The molecule has 5 rings (SSSR count). The summed E-state index contributed by atoms with van der Waals surface area (Å²) >= 11 is 6.21. The number of aliphatic imine (C=N–C) groups is 1. The molecule has 4 aromatic rings. The molecule has 4 aromatic carbocycles. The van der Waals surface area contributed by atoms with E-state index in [1.807, 2.05) is 79.7 Å². The van der Waals surface area contributed by atoms with Gasteiger partial charge in [-0.2, -0.15) is 0 Å². The third-order valence-electron chi connectivity index (χ3n) is 6.12. The molecular weight excluding hydrogens is 476 g/mol. The zero-order chi connectivity index (χ0) is 24.5. The van der Waals surface area contributed by atoms with Gasteiger partial charge in [0.1, 0.15) is 0 Å². The summed E-state index contributed by atoms with van der Waals surface area (Å²) < 4.78 is 29.3. The van der Waals surface area contributed by atoms with Crippen LogP contribution in [0.5, 0.6) is 0 Å². The molecule has 1 aliphatic rings. The first-order valence-electron chi connectivity index (χ1n) is 11.2. The monoisotopic (exact) mass is 498 g/mol. The summed E-state index contributed by atoms with van der Waals surface area (Å²) in [4.78, 5) is 3.21. The Morgan fingerprint density at radius 1 is 0.743 bits per heavy atom. The molecule has 1 N–H and O–H groups in total.